The van der Waals surface area contributed by atoms with E-state index < -0.39 is 12.1 Å². The fourth-order valence-electron chi connectivity index (χ4n) is 4.30. The van der Waals surface area contributed by atoms with Gasteiger partial charge in [-0.15, -0.1) is 0 Å². The Morgan fingerprint density at radius 3 is 2.40 bits per heavy atom. The van der Waals surface area contributed by atoms with Gasteiger partial charge < -0.3 is 24.2 Å². The number of carboxylic acids is 1. The van der Waals surface area contributed by atoms with Gasteiger partial charge in [0, 0.05) is 36.4 Å². The maximum Gasteiger partial charge on any atom is 0.333 e. The molecular formula is C29H31NO5. The predicted molar refractivity (Wildman–Crippen MR) is 138 cm³/mol. The van der Waals surface area contributed by atoms with E-state index in [2.05, 4.69) is 41.3 Å². The molecule has 1 atom stereocenters. The van der Waals surface area contributed by atoms with E-state index in [4.69, 9.17) is 14.2 Å². The van der Waals surface area contributed by atoms with E-state index in [1.54, 1.807) is 14.0 Å². The van der Waals surface area contributed by atoms with Crippen molar-refractivity contribution in [3.05, 3.63) is 89.5 Å². The van der Waals surface area contributed by atoms with Gasteiger partial charge >= 0.3 is 5.97 Å². The molecule has 182 valence electrons. The monoisotopic (exact) mass is 473 g/mol. The predicted octanol–water partition coefficient (Wildman–Crippen LogP) is 5.78. The van der Waals surface area contributed by atoms with E-state index in [0.29, 0.717) is 19.6 Å². The third-order valence-corrected chi connectivity index (χ3v) is 5.98. The van der Waals surface area contributed by atoms with Gasteiger partial charge in [-0.3, -0.25) is 0 Å². The van der Waals surface area contributed by atoms with Crippen LogP contribution in [0.25, 0.3) is 11.8 Å². The van der Waals surface area contributed by atoms with Crippen LogP contribution in [0.2, 0.25) is 0 Å². The van der Waals surface area contributed by atoms with E-state index >= 15 is 0 Å². The molecule has 0 fully saturated rings. The summed E-state index contributed by atoms with van der Waals surface area (Å²) in [7, 11) is 1.71. The zero-order chi connectivity index (χ0) is 24.6. The molecule has 0 radical (unpaired) electrons. The number of nitrogens with zero attached hydrogens (tertiary/aromatic N) is 1. The Labute approximate surface area is 206 Å². The van der Waals surface area contributed by atoms with Crippen LogP contribution in [0.3, 0.4) is 0 Å². The molecule has 0 aromatic heterocycles. The van der Waals surface area contributed by atoms with Gasteiger partial charge in [0.25, 0.3) is 0 Å². The minimum absolute atomic E-state index is 0.328. The Balaban J connectivity index is 1.40. The number of carbonyl (C=O) groups is 1. The van der Waals surface area contributed by atoms with Crippen LogP contribution in [0, 0.1) is 0 Å². The summed E-state index contributed by atoms with van der Waals surface area (Å²) < 4.78 is 17.0. The largest absolute Gasteiger partial charge is 0.496 e. The highest BCUT2D eigenvalue weighted by molar-refractivity contribution is 5.92. The molecule has 0 saturated carbocycles. The van der Waals surface area contributed by atoms with Crippen LogP contribution in [0.15, 0.2) is 72.8 Å². The second-order valence-corrected chi connectivity index (χ2v) is 8.27. The van der Waals surface area contributed by atoms with Crippen LogP contribution in [0.1, 0.15) is 30.0 Å². The molecule has 4 rings (SSSR count). The first-order chi connectivity index (χ1) is 17.1. The summed E-state index contributed by atoms with van der Waals surface area (Å²) in [6.45, 7) is 3.50. The third-order valence-electron chi connectivity index (χ3n) is 5.98. The van der Waals surface area contributed by atoms with E-state index in [1.807, 2.05) is 42.5 Å². The van der Waals surface area contributed by atoms with Gasteiger partial charge in [0.05, 0.1) is 19.4 Å². The van der Waals surface area contributed by atoms with Crippen molar-refractivity contribution < 1.29 is 24.1 Å². The highest BCUT2D eigenvalue weighted by Crippen LogP contribution is 2.39. The minimum atomic E-state index is -0.948. The molecule has 1 heterocycles. The van der Waals surface area contributed by atoms with Crippen LogP contribution in [-0.2, 0) is 20.7 Å². The molecule has 0 saturated heterocycles. The summed E-state index contributed by atoms with van der Waals surface area (Å²) in [4.78, 5) is 13.6. The minimum Gasteiger partial charge on any atom is -0.496 e. The molecule has 3 aromatic rings. The van der Waals surface area contributed by atoms with Crippen LogP contribution in [-0.4, -0.2) is 44.0 Å². The van der Waals surface area contributed by atoms with Gasteiger partial charge in [-0.1, -0.05) is 42.5 Å². The van der Waals surface area contributed by atoms with Gasteiger partial charge in [0.1, 0.15) is 11.5 Å². The molecule has 0 spiro atoms. The number of ether oxygens (including phenoxy) is 3. The highest BCUT2D eigenvalue weighted by Gasteiger charge is 2.22. The third kappa shape index (κ3) is 5.84. The lowest BCUT2D eigenvalue weighted by atomic mass is 10.1. The van der Waals surface area contributed by atoms with Crippen LogP contribution in [0.4, 0.5) is 11.4 Å². The Kier molecular flexibility index (Phi) is 8.06. The van der Waals surface area contributed by atoms with Gasteiger partial charge in [0.15, 0.2) is 6.10 Å². The molecule has 6 nitrogen and oxygen atoms in total. The quantitative estimate of drug-likeness (QED) is 0.356. The van der Waals surface area contributed by atoms with E-state index in [-0.39, 0.29) is 0 Å². The average Bonchev–Trinajstić information content (AvgIpc) is 3.01. The molecule has 1 unspecified atom stereocenters. The van der Waals surface area contributed by atoms with Crippen LogP contribution < -0.4 is 9.64 Å². The molecule has 6 heteroatoms. The Morgan fingerprint density at radius 2 is 1.69 bits per heavy atom. The molecule has 3 aromatic carbocycles. The molecule has 1 N–H and O–H groups in total. The molecule has 1 aliphatic rings. The van der Waals surface area contributed by atoms with E-state index in [0.717, 1.165) is 52.5 Å². The lowest BCUT2D eigenvalue weighted by molar-refractivity contribution is -0.149. The second kappa shape index (κ2) is 11.6. The van der Waals surface area contributed by atoms with Crippen LogP contribution in [0.5, 0.6) is 5.75 Å². The molecule has 35 heavy (non-hydrogen) atoms. The Morgan fingerprint density at radius 1 is 0.971 bits per heavy atom. The zero-order valence-electron chi connectivity index (χ0n) is 20.1. The topological polar surface area (TPSA) is 68.2 Å². The number of aliphatic carboxylic acids is 1. The van der Waals surface area contributed by atoms with Crippen molar-refractivity contribution in [2.45, 2.75) is 25.9 Å². The Hall–Kier alpha value is -3.77. The van der Waals surface area contributed by atoms with Crippen molar-refractivity contribution in [1.29, 1.82) is 0 Å². The number of hydrogen-bond acceptors (Lipinski definition) is 5. The van der Waals surface area contributed by atoms with Crippen molar-refractivity contribution in [2.24, 2.45) is 0 Å². The number of hydrogen-bond donors (Lipinski definition) is 1. The summed E-state index contributed by atoms with van der Waals surface area (Å²) in [5.74, 6) is 0.662. The lowest BCUT2D eigenvalue weighted by Crippen LogP contribution is -2.26. The molecular weight excluding hydrogens is 442 g/mol. The highest BCUT2D eigenvalue weighted by atomic mass is 16.5. The SMILES string of the molecule is CCOC(Cc1ccc(OCCCN2c3ccccc3C=C(OC)c3ccccc32)cc1)C(=O)O. The number of rotatable bonds is 11. The maximum absolute atomic E-state index is 11.3. The van der Waals surface area contributed by atoms with Gasteiger partial charge in [-0.2, -0.15) is 0 Å². The molecule has 1 aliphatic heterocycles. The van der Waals surface area contributed by atoms with E-state index in [1.165, 1.54) is 0 Å². The molecule has 0 amide bonds. The summed E-state index contributed by atoms with van der Waals surface area (Å²) in [6, 6.07) is 24.2. The van der Waals surface area contributed by atoms with Crippen molar-refractivity contribution >= 4 is 29.2 Å². The van der Waals surface area contributed by atoms with Gasteiger partial charge in [-0.25, -0.2) is 4.79 Å². The van der Waals surface area contributed by atoms with Crippen LogP contribution >= 0.6 is 0 Å². The smallest absolute Gasteiger partial charge is 0.333 e. The summed E-state index contributed by atoms with van der Waals surface area (Å²) in [5.41, 5.74) is 5.33. The van der Waals surface area contributed by atoms with Crippen molar-refractivity contribution in [1.82, 2.24) is 0 Å². The first-order valence-electron chi connectivity index (χ1n) is 11.9. The fraction of sp³-hybridized carbons (Fsp3) is 0.276. The molecule has 0 bridgehead atoms. The van der Waals surface area contributed by atoms with Crippen molar-refractivity contribution in [3.63, 3.8) is 0 Å². The maximum atomic E-state index is 11.3. The summed E-state index contributed by atoms with van der Waals surface area (Å²) >= 11 is 0. The average molecular weight is 474 g/mol. The number of para-hydroxylation sites is 2. The van der Waals surface area contributed by atoms with Gasteiger partial charge in [0.2, 0.25) is 0 Å². The number of benzene rings is 3. The Bertz CT molecular complexity index is 1170. The van der Waals surface area contributed by atoms with E-state index in [9.17, 15) is 9.90 Å². The number of methoxy groups -OCH3 is 1. The first-order valence-corrected chi connectivity index (χ1v) is 11.9. The fourth-order valence-corrected chi connectivity index (χ4v) is 4.30. The van der Waals surface area contributed by atoms with Crippen molar-refractivity contribution in [2.75, 3.05) is 31.8 Å². The zero-order valence-corrected chi connectivity index (χ0v) is 20.1. The van der Waals surface area contributed by atoms with Crippen molar-refractivity contribution in [3.8, 4) is 5.75 Å². The lowest BCUT2D eigenvalue weighted by Gasteiger charge is -2.27. The summed E-state index contributed by atoms with van der Waals surface area (Å²) in [5, 5.41) is 9.28. The van der Waals surface area contributed by atoms with Gasteiger partial charge in [-0.05, 0) is 55.3 Å². The normalized spacial score (nSPS) is 13.2. The standard InChI is InChI=1S/C29H31NO5/c1-3-34-28(29(31)32)19-21-13-15-23(16-14-21)35-18-8-17-30-25-11-6-4-9-22(25)20-27(33-2)24-10-5-7-12-26(24)30/h4-7,9-16,20,28H,3,8,17-19H2,1-2H3,(H,31,32). The second-order valence-electron chi connectivity index (χ2n) is 8.27. The number of fused-ring (bicyclic) bond motifs is 2. The number of anilines is 2. The summed E-state index contributed by atoms with van der Waals surface area (Å²) in [6.07, 6.45) is 2.40. The number of carboxylic acid groups (broad SMARTS) is 1. The first kappa shape index (κ1) is 24.4. The molecule has 0 aliphatic carbocycles.